The van der Waals surface area contributed by atoms with E-state index in [1.807, 2.05) is 0 Å². The zero-order chi connectivity index (χ0) is 15.1. The van der Waals surface area contributed by atoms with Crippen molar-refractivity contribution >= 4 is 25.8 Å². The van der Waals surface area contributed by atoms with E-state index in [4.69, 9.17) is 0 Å². The Hall–Kier alpha value is -0.530. The van der Waals surface area contributed by atoms with Gasteiger partial charge in [0.1, 0.15) is 11.6 Å². The molecule has 0 heterocycles. The summed E-state index contributed by atoms with van der Waals surface area (Å²) in [6, 6.07) is 2.33. The summed E-state index contributed by atoms with van der Waals surface area (Å²) in [5.41, 5.74) is -1.90. The molecule has 1 aliphatic rings. The Labute approximate surface area is 125 Å². The third kappa shape index (κ3) is 2.89. The molecule has 20 heavy (non-hydrogen) atoms. The number of aliphatic hydroxyl groups is 1. The highest BCUT2D eigenvalue weighted by molar-refractivity contribution is 9.10. The van der Waals surface area contributed by atoms with E-state index in [1.54, 1.807) is 0 Å². The average molecular weight is 369 g/mol. The van der Waals surface area contributed by atoms with Crippen LogP contribution in [0.5, 0.6) is 0 Å². The highest BCUT2D eigenvalue weighted by atomic mass is 79.9. The van der Waals surface area contributed by atoms with Crippen LogP contribution in [0.2, 0.25) is 0 Å². The summed E-state index contributed by atoms with van der Waals surface area (Å²) in [6.45, 7) is 0. The molecule has 2 atom stereocenters. The van der Waals surface area contributed by atoms with E-state index >= 15 is 0 Å². The van der Waals surface area contributed by atoms with Crippen LogP contribution in [0.15, 0.2) is 16.6 Å². The van der Waals surface area contributed by atoms with Crippen LogP contribution in [0, 0.1) is 11.6 Å². The van der Waals surface area contributed by atoms with E-state index in [-0.39, 0.29) is 22.9 Å². The minimum absolute atomic E-state index is 0.0893. The van der Waals surface area contributed by atoms with Crippen LogP contribution in [0.4, 0.5) is 8.78 Å². The summed E-state index contributed by atoms with van der Waals surface area (Å²) >= 11 is 2.96. The first kappa shape index (κ1) is 15.9. The lowest BCUT2D eigenvalue weighted by molar-refractivity contribution is 0.0494. The van der Waals surface area contributed by atoms with Gasteiger partial charge in [0.15, 0.2) is 9.84 Å². The van der Waals surface area contributed by atoms with Gasteiger partial charge in [-0.2, -0.15) is 0 Å². The third-order valence-corrected chi connectivity index (χ3v) is 6.13. The Morgan fingerprint density at radius 2 is 2.10 bits per heavy atom. The van der Waals surface area contributed by atoms with Crippen molar-refractivity contribution in [3.8, 4) is 0 Å². The van der Waals surface area contributed by atoms with Gasteiger partial charge in [-0.15, -0.1) is 0 Å². The molecule has 3 nitrogen and oxygen atoms in total. The summed E-state index contributed by atoms with van der Waals surface area (Å²) in [6.07, 6.45) is 1.75. The van der Waals surface area contributed by atoms with Crippen molar-refractivity contribution in [1.29, 1.82) is 0 Å². The number of hydrogen-bond donors (Lipinski definition) is 1. The maximum atomic E-state index is 14.0. The smallest absolute Gasteiger partial charge is 0.153 e. The highest BCUT2D eigenvalue weighted by Crippen LogP contribution is 2.38. The molecule has 1 saturated carbocycles. The Kier molecular flexibility index (Phi) is 4.24. The molecule has 1 fully saturated rings. The van der Waals surface area contributed by atoms with Gasteiger partial charge >= 0.3 is 0 Å². The molecule has 1 aliphatic carbocycles. The van der Waals surface area contributed by atoms with E-state index in [9.17, 15) is 22.3 Å². The second kappa shape index (κ2) is 5.35. The van der Waals surface area contributed by atoms with Crippen molar-refractivity contribution in [1.82, 2.24) is 0 Å². The van der Waals surface area contributed by atoms with Gasteiger partial charge in [-0.1, -0.05) is 0 Å². The average Bonchev–Trinajstić information content (AvgIpc) is 2.72. The standard InChI is InChI=1S/C13H15BrF2O3S/c1-20(18,19)11-3-2-6-13(11,17)7-8-10(15)5-4-9(14)12(8)16/h4-5,11,17H,2-3,6-7H2,1H3. The molecule has 0 spiro atoms. The lowest BCUT2D eigenvalue weighted by atomic mass is 9.92. The van der Waals surface area contributed by atoms with Crippen LogP contribution in [0.25, 0.3) is 0 Å². The summed E-state index contributed by atoms with van der Waals surface area (Å²) in [5, 5.41) is 9.57. The first-order valence-corrected chi connectivity index (χ1v) is 8.93. The van der Waals surface area contributed by atoms with Gasteiger partial charge in [0.25, 0.3) is 0 Å². The van der Waals surface area contributed by atoms with Crippen molar-refractivity contribution in [2.24, 2.45) is 0 Å². The second-order valence-electron chi connectivity index (χ2n) is 5.31. The molecule has 7 heteroatoms. The number of halogens is 3. The lowest BCUT2D eigenvalue weighted by Crippen LogP contribution is -2.44. The van der Waals surface area contributed by atoms with Crippen LogP contribution in [0.1, 0.15) is 24.8 Å². The van der Waals surface area contributed by atoms with Gasteiger partial charge in [-0.05, 0) is 47.3 Å². The molecule has 2 unspecified atom stereocenters. The SMILES string of the molecule is CS(=O)(=O)C1CCCC1(O)Cc1c(F)ccc(Br)c1F. The fourth-order valence-electron chi connectivity index (χ4n) is 2.88. The molecule has 1 aromatic carbocycles. The van der Waals surface area contributed by atoms with Crippen molar-refractivity contribution in [2.45, 2.75) is 36.5 Å². The number of sulfone groups is 1. The summed E-state index contributed by atoms with van der Waals surface area (Å²) in [7, 11) is -3.47. The van der Waals surface area contributed by atoms with Gasteiger partial charge in [0.2, 0.25) is 0 Å². The maximum absolute atomic E-state index is 14.0. The zero-order valence-electron chi connectivity index (χ0n) is 10.9. The molecule has 0 aliphatic heterocycles. The predicted molar refractivity (Wildman–Crippen MR) is 75.2 cm³/mol. The maximum Gasteiger partial charge on any atom is 0.153 e. The monoisotopic (exact) mass is 368 g/mol. The molecule has 1 aromatic rings. The Morgan fingerprint density at radius 3 is 2.70 bits per heavy atom. The first-order chi connectivity index (χ1) is 9.15. The summed E-state index contributed by atoms with van der Waals surface area (Å²) in [5.74, 6) is -1.57. The summed E-state index contributed by atoms with van der Waals surface area (Å²) < 4.78 is 51.2. The van der Waals surface area contributed by atoms with Gasteiger partial charge in [-0.25, -0.2) is 17.2 Å². The minimum Gasteiger partial charge on any atom is -0.388 e. The highest BCUT2D eigenvalue weighted by Gasteiger charge is 2.47. The van der Waals surface area contributed by atoms with Crippen molar-refractivity contribution in [2.75, 3.05) is 6.26 Å². The van der Waals surface area contributed by atoms with Gasteiger partial charge in [0.05, 0.1) is 15.3 Å². The molecule has 112 valence electrons. The molecule has 1 N–H and O–H groups in total. The largest absolute Gasteiger partial charge is 0.388 e. The topological polar surface area (TPSA) is 54.4 Å². The van der Waals surface area contributed by atoms with Crippen LogP contribution < -0.4 is 0 Å². The summed E-state index contributed by atoms with van der Waals surface area (Å²) in [4.78, 5) is 0. The van der Waals surface area contributed by atoms with Crippen LogP contribution in [-0.2, 0) is 16.3 Å². The fraction of sp³-hybridized carbons (Fsp3) is 0.538. The van der Waals surface area contributed by atoms with E-state index < -0.39 is 32.3 Å². The second-order valence-corrected chi connectivity index (χ2v) is 8.39. The van der Waals surface area contributed by atoms with Crippen LogP contribution in [-0.4, -0.2) is 30.6 Å². The zero-order valence-corrected chi connectivity index (χ0v) is 13.3. The lowest BCUT2D eigenvalue weighted by Gasteiger charge is -2.29. The Bertz CT molecular complexity index is 633. The molecule has 0 radical (unpaired) electrons. The van der Waals surface area contributed by atoms with E-state index in [1.165, 1.54) is 6.07 Å². The third-order valence-electron chi connectivity index (χ3n) is 3.81. The van der Waals surface area contributed by atoms with Crippen molar-refractivity contribution in [3.05, 3.63) is 33.8 Å². The minimum atomic E-state index is -3.47. The molecule has 2 rings (SSSR count). The Balaban J connectivity index is 2.41. The molecular formula is C13H15BrF2O3S. The molecular weight excluding hydrogens is 354 g/mol. The van der Waals surface area contributed by atoms with Crippen LogP contribution >= 0.6 is 15.9 Å². The molecule has 0 saturated heterocycles. The van der Waals surface area contributed by atoms with Gasteiger partial charge < -0.3 is 5.11 Å². The quantitative estimate of drug-likeness (QED) is 0.834. The van der Waals surface area contributed by atoms with E-state index in [0.29, 0.717) is 12.8 Å². The van der Waals surface area contributed by atoms with Gasteiger partial charge in [-0.3, -0.25) is 0 Å². The number of rotatable bonds is 3. The van der Waals surface area contributed by atoms with E-state index in [0.717, 1.165) is 12.3 Å². The molecule has 0 bridgehead atoms. The van der Waals surface area contributed by atoms with Crippen LogP contribution in [0.3, 0.4) is 0 Å². The van der Waals surface area contributed by atoms with Crippen molar-refractivity contribution in [3.63, 3.8) is 0 Å². The predicted octanol–water partition coefficient (Wildman–Crippen LogP) is 2.60. The molecule has 0 amide bonds. The number of benzene rings is 1. The normalized spacial score (nSPS) is 26.9. The number of hydrogen-bond acceptors (Lipinski definition) is 3. The Morgan fingerprint density at radius 1 is 1.45 bits per heavy atom. The first-order valence-electron chi connectivity index (χ1n) is 6.19. The van der Waals surface area contributed by atoms with E-state index in [2.05, 4.69) is 15.9 Å². The van der Waals surface area contributed by atoms with Gasteiger partial charge in [0, 0.05) is 18.2 Å². The van der Waals surface area contributed by atoms with Crippen molar-refractivity contribution < 1.29 is 22.3 Å². The fourth-order valence-corrected chi connectivity index (χ4v) is 4.84. The molecule has 0 aromatic heterocycles.